The van der Waals surface area contributed by atoms with Crippen LogP contribution < -0.4 is 0 Å². The van der Waals surface area contributed by atoms with Gasteiger partial charge in [0.2, 0.25) is 23.3 Å². The van der Waals surface area contributed by atoms with E-state index in [1.54, 1.807) is 0 Å². The van der Waals surface area contributed by atoms with Gasteiger partial charge in [0, 0.05) is 11.1 Å². The Balaban J connectivity index is 1.92. The summed E-state index contributed by atoms with van der Waals surface area (Å²) in [6.07, 6.45) is -10.7. The number of hydrogen-bond acceptors (Lipinski definition) is 9. The molecule has 4 rings (SSSR count). The van der Waals surface area contributed by atoms with Gasteiger partial charge in [-0.15, -0.1) is 0 Å². The Kier molecular flexibility index (Phi) is 7.95. The van der Waals surface area contributed by atoms with E-state index in [0.29, 0.717) is 0 Å². The minimum absolute atomic E-state index is 0.338. The molecule has 4 N–H and O–H groups in total. The molecule has 0 spiro atoms. The quantitative estimate of drug-likeness (QED) is 0.198. The van der Waals surface area contributed by atoms with Crippen molar-refractivity contribution >= 4 is 17.5 Å². The van der Waals surface area contributed by atoms with Crippen LogP contribution >= 0.6 is 0 Å². The molecule has 0 aromatic heterocycles. The molecule has 1 aliphatic rings. The normalized spacial score (nSPS) is 23.4. The van der Waals surface area contributed by atoms with Crippen LogP contribution in [0.5, 0.6) is 0 Å². The van der Waals surface area contributed by atoms with Crippen LogP contribution in [0.3, 0.4) is 0 Å². The number of Topliss-reactive ketones (excluding diaryl/α,β-unsaturated/α-hetero) is 2. The number of carbonyl (C=O) groups excluding carboxylic acids is 3. The largest absolute Gasteiger partial charge is 0.440 e. The SMILES string of the molecule is O=C(O[C@@]1(C(=O)c2ccc(F)cc2)[C](C(=O)c2ccc(F)cc2)O[C@H](C(O)O)[C@H](O)[C@@H]1O)c1ccc(F)cc1. The zero-order valence-electron chi connectivity index (χ0n) is 19.7. The Bertz CT molecular complexity index is 1360. The van der Waals surface area contributed by atoms with Crippen molar-refractivity contribution < 1.29 is 57.5 Å². The highest BCUT2D eigenvalue weighted by Crippen LogP contribution is 2.43. The molecule has 39 heavy (non-hydrogen) atoms. The summed E-state index contributed by atoms with van der Waals surface area (Å²) in [5.41, 5.74) is -4.28. The molecule has 0 amide bonds. The van der Waals surface area contributed by atoms with E-state index in [4.69, 9.17) is 9.47 Å². The van der Waals surface area contributed by atoms with Gasteiger partial charge in [-0.1, -0.05) is 0 Å². The van der Waals surface area contributed by atoms with Gasteiger partial charge < -0.3 is 29.9 Å². The molecule has 1 saturated heterocycles. The maximum atomic E-state index is 13.9. The minimum Gasteiger partial charge on any atom is -0.440 e. The standard InChI is InChI=1S/C27H20F3O9/c28-16-7-1-13(2-8-16)19(31)24-27(22(33)14-3-9-17(29)10-4-14,23(34)20(32)21(38-24)25(35)36)39-26(37)15-5-11-18(30)12-6-15/h1-12,20-21,23,25,32,34-36H/t20-,21-,23-,27+/m0/s1. The van der Waals surface area contributed by atoms with Crippen LogP contribution in [0, 0.1) is 23.6 Å². The molecule has 3 aromatic rings. The highest BCUT2D eigenvalue weighted by molar-refractivity contribution is 6.16. The minimum atomic E-state index is -3.18. The molecule has 1 fully saturated rings. The van der Waals surface area contributed by atoms with Crippen LogP contribution in [-0.2, 0) is 9.47 Å². The van der Waals surface area contributed by atoms with E-state index < -0.39 is 76.9 Å². The van der Waals surface area contributed by atoms with Gasteiger partial charge in [0.25, 0.3) is 0 Å². The van der Waals surface area contributed by atoms with Crippen molar-refractivity contribution in [1.29, 1.82) is 0 Å². The van der Waals surface area contributed by atoms with Gasteiger partial charge >= 0.3 is 5.97 Å². The molecule has 0 bridgehead atoms. The lowest BCUT2D eigenvalue weighted by atomic mass is 9.74. The van der Waals surface area contributed by atoms with Gasteiger partial charge in [-0.05, 0) is 72.8 Å². The maximum Gasteiger partial charge on any atom is 0.339 e. The Labute approximate surface area is 218 Å². The summed E-state index contributed by atoms with van der Waals surface area (Å²) in [6.45, 7) is 0. The molecular weight excluding hydrogens is 525 g/mol. The third kappa shape index (κ3) is 5.33. The number of halogens is 3. The molecule has 12 heteroatoms. The zero-order valence-corrected chi connectivity index (χ0v) is 19.7. The van der Waals surface area contributed by atoms with Gasteiger partial charge in [0.05, 0.1) is 5.56 Å². The van der Waals surface area contributed by atoms with Crippen LogP contribution in [-0.4, -0.2) is 68.2 Å². The number of rotatable bonds is 7. The molecule has 1 heterocycles. The lowest BCUT2D eigenvalue weighted by Gasteiger charge is -2.48. The van der Waals surface area contributed by atoms with Gasteiger partial charge in [0.1, 0.15) is 35.8 Å². The van der Waals surface area contributed by atoms with Crippen LogP contribution in [0.2, 0.25) is 0 Å². The highest BCUT2D eigenvalue weighted by atomic mass is 19.1. The average Bonchev–Trinajstić information content (AvgIpc) is 2.91. The summed E-state index contributed by atoms with van der Waals surface area (Å²) in [5, 5.41) is 41.4. The Morgan fingerprint density at radius 3 is 1.64 bits per heavy atom. The Morgan fingerprint density at radius 2 is 1.18 bits per heavy atom. The van der Waals surface area contributed by atoms with Gasteiger partial charge in [-0.2, -0.15) is 0 Å². The summed E-state index contributed by atoms with van der Waals surface area (Å²) in [5.74, 6) is -6.22. The Morgan fingerprint density at radius 1 is 0.744 bits per heavy atom. The summed E-state index contributed by atoms with van der Waals surface area (Å²) in [7, 11) is 0. The van der Waals surface area contributed by atoms with Crippen LogP contribution in [0.25, 0.3) is 0 Å². The van der Waals surface area contributed by atoms with Crippen molar-refractivity contribution in [2.75, 3.05) is 0 Å². The molecular formula is C27H20F3O9. The summed E-state index contributed by atoms with van der Waals surface area (Å²) < 4.78 is 51.3. The summed E-state index contributed by atoms with van der Waals surface area (Å²) >= 11 is 0. The molecule has 0 saturated carbocycles. The number of benzene rings is 3. The number of ketones is 2. The first-order valence-corrected chi connectivity index (χ1v) is 11.3. The first kappa shape index (κ1) is 28.1. The number of esters is 1. The fourth-order valence-electron chi connectivity index (χ4n) is 4.04. The number of carbonyl (C=O) groups is 3. The molecule has 4 atom stereocenters. The smallest absolute Gasteiger partial charge is 0.339 e. The highest BCUT2D eigenvalue weighted by Gasteiger charge is 2.67. The van der Waals surface area contributed by atoms with Crippen LogP contribution in [0.15, 0.2) is 72.8 Å². The van der Waals surface area contributed by atoms with Crippen LogP contribution in [0.1, 0.15) is 31.1 Å². The number of hydrogen-bond donors (Lipinski definition) is 4. The second-order valence-electron chi connectivity index (χ2n) is 8.56. The fraction of sp³-hybridized carbons (Fsp3) is 0.185. The van der Waals surface area contributed by atoms with Gasteiger partial charge in [0.15, 0.2) is 6.29 Å². The van der Waals surface area contributed by atoms with Crippen molar-refractivity contribution in [3.63, 3.8) is 0 Å². The Hall–Kier alpha value is -3.94. The third-order valence-electron chi connectivity index (χ3n) is 6.05. The molecule has 9 nitrogen and oxygen atoms in total. The van der Waals surface area contributed by atoms with E-state index in [9.17, 15) is 48.0 Å². The van der Waals surface area contributed by atoms with E-state index >= 15 is 0 Å². The van der Waals surface area contributed by atoms with Crippen molar-refractivity contribution in [3.05, 3.63) is 113 Å². The second-order valence-corrected chi connectivity index (χ2v) is 8.56. The van der Waals surface area contributed by atoms with Crippen molar-refractivity contribution in [2.45, 2.75) is 30.2 Å². The number of aliphatic hydroxyl groups excluding tert-OH is 3. The van der Waals surface area contributed by atoms with Crippen molar-refractivity contribution in [2.24, 2.45) is 0 Å². The van der Waals surface area contributed by atoms with Crippen molar-refractivity contribution in [1.82, 2.24) is 0 Å². The lowest BCUT2D eigenvalue weighted by molar-refractivity contribution is -0.252. The molecule has 3 aromatic carbocycles. The molecule has 1 aliphatic heterocycles. The topological polar surface area (TPSA) is 151 Å². The van der Waals surface area contributed by atoms with E-state index in [1.165, 1.54) is 0 Å². The van der Waals surface area contributed by atoms with E-state index in [0.717, 1.165) is 72.8 Å². The predicted octanol–water partition coefficient (Wildman–Crippen LogP) is 1.73. The predicted molar refractivity (Wildman–Crippen MR) is 124 cm³/mol. The first-order chi connectivity index (χ1) is 18.5. The average molecular weight is 545 g/mol. The van der Waals surface area contributed by atoms with Crippen LogP contribution in [0.4, 0.5) is 13.2 Å². The van der Waals surface area contributed by atoms with Gasteiger partial charge in [-0.25, -0.2) is 18.0 Å². The summed E-state index contributed by atoms with van der Waals surface area (Å²) in [6, 6.07) is 11.0. The first-order valence-electron chi connectivity index (χ1n) is 11.3. The lowest BCUT2D eigenvalue weighted by Crippen LogP contribution is -2.70. The van der Waals surface area contributed by atoms with Crippen molar-refractivity contribution in [3.8, 4) is 0 Å². The van der Waals surface area contributed by atoms with E-state index in [-0.39, 0.29) is 11.1 Å². The summed E-state index contributed by atoms with van der Waals surface area (Å²) in [4.78, 5) is 40.7. The van der Waals surface area contributed by atoms with E-state index in [1.807, 2.05) is 0 Å². The molecule has 1 radical (unpaired) electrons. The molecule has 0 unspecified atom stereocenters. The molecule has 203 valence electrons. The zero-order chi connectivity index (χ0) is 28.5. The van der Waals surface area contributed by atoms with E-state index in [2.05, 4.69) is 0 Å². The van der Waals surface area contributed by atoms with Gasteiger partial charge in [-0.3, -0.25) is 9.59 Å². The molecule has 0 aliphatic carbocycles. The third-order valence-corrected chi connectivity index (χ3v) is 6.05. The second kappa shape index (κ2) is 11.0. The number of ether oxygens (including phenoxy) is 2. The maximum absolute atomic E-state index is 13.9. The fourth-order valence-corrected chi connectivity index (χ4v) is 4.04. The monoisotopic (exact) mass is 545 g/mol. The number of aliphatic hydroxyl groups is 4.